The SMILES string of the molecule is CCCn1nccc1CNC(C)c1cccc(OC)c1. The van der Waals surface area contributed by atoms with Crippen LogP contribution in [-0.2, 0) is 13.1 Å². The zero-order valence-electron chi connectivity index (χ0n) is 12.5. The Kier molecular flexibility index (Phi) is 5.18. The van der Waals surface area contributed by atoms with E-state index in [0.29, 0.717) is 0 Å². The molecule has 0 aliphatic heterocycles. The summed E-state index contributed by atoms with van der Waals surface area (Å²) in [5.74, 6) is 0.896. The summed E-state index contributed by atoms with van der Waals surface area (Å²) in [6, 6.07) is 10.5. The van der Waals surface area contributed by atoms with Crippen LogP contribution in [0.15, 0.2) is 36.5 Å². The van der Waals surface area contributed by atoms with Crippen molar-refractivity contribution >= 4 is 0 Å². The van der Waals surface area contributed by atoms with Gasteiger partial charge in [-0.05, 0) is 37.1 Å². The molecule has 0 aliphatic rings. The second-order valence-corrected chi connectivity index (χ2v) is 4.92. The topological polar surface area (TPSA) is 39.1 Å². The smallest absolute Gasteiger partial charge is 0.119 e. The van der Waals surface area contributed by atoms with Crippen molar-refractivity contribution in [3.05, 3.63) is 47.8 Å². The molecule has 0 radical (unpaired) electrons. The first-order valence-corrected chi connectivity index (χ1v) is 7.12. The molecule has 0 bridgehead atoms. The molecule has 0 saturated carbocycles. The number of aryl methyl sites for hydroxylation is 1. The average Bonchev–Trinajstić information content (AvgIpc) is 2.92. The first-order chi connectivity index (χ1) is 9.74. The van der Waals surface area contributed by atoms with Gasteiger partial charge in [-0.2, -0.15) is 5.10 Å². The highest BCUT2D eigenvalue weighted by Crippen LogP contribution is 2.19. The van der Waals surface area contributed by atoms with Crippen LogP contribution in [0.5, 0.6) is 5.75 Å². The normalized spacial score (nSPS) is 12.3. The van der Waals surface area contributed by atoms with E-state index in [1.54, 1.807) is 7.11 Å². The zero-order chi connectivity index (χ0) is 14.4. The molecule has 2 aromatic rings. The lowest BCUT2D eigenvalue weighted by molar-refractivity contribution is 0.413. The highest BCUT2D eigenvalue weighted by atomic mass is 16.5. The van der Waals surface area contributed by atoms with Gasteiger partial charge in [0.05, 0.1) is 12.8 Å². The Labute approximate surface area is 120 Å². The first kappa shape index (κ1) is 14.6. The Hall–Kier alpha value is -1.81. The summed E-state index contributed by atoms with van der Waals surface area (Å²) >= 11 is 0. The monoisotopic (exact) mass is 273 g/mol. The Morgan fingerprint density at radius 3 is 2.95 bits per heavy atom. The van der Waals surface area contributed by atoms with E-state index < -0.39 is 0 Å². The fraction of sp³-hybridized carbons (Fsp3) is 0.438. The van der Waals surface area contributed by atoms with E-state index in [4.69, 9.17) is 4.74 Å². The van der Waals surface area contributed by atoms with E-state index >= 15 is 0 Å². The number of aromatic nitrogens is 2. The van der Waals surface area contributed by atoms with Gasteiger partial charge in [-0.25, -0.2) is 0 Å². The minimum Gasteiger partial charge on any atom is -0.497 e. The number of hydrogen-bond donors (Lipinski definition) is 1. The molecular weight excluding hydrogens is 250 g/mol. The molecule has 0 spiro atoms. The number of nitrogens with one attached hydrogen (secondary N) is 1. The Bertz CT molecular complexity index is 536. The number of ether oxygens (including phenoxy) is 1. The molecule has 2 rings (SSSR count). The number of nitrogens with zero attached hydrogens (tertiary/aromatic N) is 2. The van der Waals surface area contributed by atoms with E-state index in [1.165, 1.54) is 11.3 Å². The molecule has 1 aromatic carbocycles. The van der Waals surface area contributed by atoms with E-state index in [1.807, 2.05) is 18.3 Å². The average molecular weight is 273 g/mol. The van der Waals surface area contributed by atoms with Crippen LogP contribution in [-0.4, -0.2) is 16.9 Å². The predicted octanol–water partition coefficient (Wildman–Crippen LogP) is 3.15. The van der Waals surface area contributed by atoms with Crippen molar-refractivity contribution in [1.82, 2.24) is 15.1 Å². The van der Waals surface area contributed by atoms with Crippen molar-refractivity contribution in [2.24, 2.45) is 0 Å². The Morgan fingerprint density at radius 1 is 1.35 bits per heavy atom. The van der Waals surface area contributed by atoms with E-state index in [0.717, 1.165) is 25.3 Å². The number of rotatable bonds is 7. The van der Waals surface area contributed by atoms with Crippen LogP contribution in [0.25, 0.3) is 0 Å². The van der Waals surface area contributed by atoms with Crippen LogP contribution in [0.1, 0.15) is 37.6 Å². The third kappa shape index (κ3) is 3.61. The van der Waals surface area contributed by atoms with Crippen LogP contribution < -0.4 is 10.1 Å². The van der Waals surface area contributed by atoms with Crippen molar-refractivity contribution in [1.29, 1.82) is 0 Å². The van der Waals surface area contributed by atoms with Crippen molar-refractivity contribution in [2.75, 3.05) is 7.11 Å². The minimum atomic E-state index is 0.273. The summed E-state index contributed by atoms with van der Waals surface area (Å²) in [7, 11) is 1.69. The molecule has 20 heavy (non-hydrogen) atoms. The molecule has 108 valence electrons. The van der Waals surface area contributed by atoms with Gasteiger partial charge in [0, 0.05) is 25.3 Å². The van der Waals surface area contributed by atoms with E-state index in [9.17, 15) is 0 Å². The molecule has 0 fully saturated rings. The van der Waals surface area contributed by atoms with Gasteiger partial charge < -0.3 is 10.1 Å². The Morgan fingerprint density at radius 2 is 2.20 bits per heavy atom. The van der Waals surface area contributed by atoms with E-state index in [2.05, 4.69) is 47.1 Å². The van der Waals surface area contributed by atoms with Gasteiger partial charge >= 0.3 is 0 Å². The third-order valence-corrected chi connectivity index (χ3v) is 3.42. The largest absolute Gasteiger partial charge is 0.497 e. The molecule has 1 aromatic heterocycles. The number of hydrogen-bond acceptors (Lipinski definition) is 3. The maximum absolute atomic E-state index is 5.26. The lowest BCUT2D eigenvalue weighted by atomic mass is 10.1. The fourth-order valence-corrected chi connectivity index (χ4v) is 2.21. The molecule has 0 saturated heterocycles. The van der Waals surface area contributed by atoms with Gasteiger partial charge in [-0.3, -0.25) is 4.68 Å². The lowest BCUT2D eigenvalue weighted by Crippen LogP contribution is -2.20. The van der Waals surface area contributed by atoms with Crippen LogP contribution in [0.2, 0.25) is 0 Å². The highest BCUT2D eigenvalue weighted by Gasteiger charge is 2.08. The van der Waals surface area contributed by atoms with Crippen molar-refractivity contribution in [2.45, 2.75) is 39.4 Å². The Balaban J connectivity index is 1.97. The predicted molar refractivity (Wildman–Crippen MR) is 80.8 cm³/mol. The van der Waals surface area contributed by atoms with Crippen LogP contribution in [0.3, 0.4) is 0 Å². The second kappa shape index (κ2) is 7.10. The van der Waals surface area contributed by atoms with Gasteiger partial charge in [0.25, 0.3) is 0 Å². The maximum Gasteiger partial charge on any atom is 0.119 e. The maximum atomic E-state index is 5.26. The molecule has 0 aliphatic carbocycles. The standard InChI is InChI=1S/C16H23N3O/c1-4-10-19-15(8-9-18-19)12-17-13(2)14-6-5-7-16(11-14)20-3/h5-9,11,13,17H,4,10,12H2,1-3H3. The number of methoxy groups -OCH3 is 1. The third-order valence-electron chi connectivity index (χ3n) is 3.42. The summed E-state index contributed by atoms with van der Waals surface area (Å²) in [6.07, 6.45) is 2.96. The molecule has 1 unspecified atom stereocenters. The summed E-state index contributed by atoms with van der Waals surface area (Å²) in [6.45, 7) is 6.11. The zero-order valence-corrected chi connectivity index (χ0v) is 12.5. The van der Waals surface area contributed by atoms with Gasteiger partial charge in [0.2, 0.25) is 0 Å². The van der Waals surface area contributed by atoms with Crippen molar-refractivity contribution in [3.63, 3.8) is 0 Å². The molecule has 4 nitrogen and oxygen atoms in total. The second-order valence-electron chi connectivity index (χ2n) is 4.92. The fourth-order valence-electron chi connectivity index (χ4n) is 2.21. The molecule has 1 N–H and O–H groups in total. The quantitative estimate of drug-likeness (QED) is 0.842. The first-order valence-electron chi connectivity index (χ1n) is 7.12. The molecular formula is C16H23N3O. The summed E-state index contributed by atoms with van der Waals surface area (Å²) in [5.41, 5.74) is 2.45. The lowest BCUT2D eigenvalue weighted by Gasteiger charge is -2.15. The highest BCUT2D eigenvalue weighted by molar-refractivity contribution is 5.30. The molecule has 4 heteroatoms. The summed E-state index contributed by atoms with van der Waals surface area (Å²) in [5, 5.41) is 7.88. The van der Waals surface area contributed by atoms with Crippen molar-refractivity contribution in [3.8, 4) is 5.75 Å². The van der Waals surface area contributed by atoms with E-state index in [-0.39, 0.29) is 6.04 Å². The van der Waals surface area contributed by atoms with Gasteiger partial charge in [0.1, 0.15) is 5.75 Å². The summed E-state index contributed by atoms with van der Waals surface area (Å²) < 4.78 is 7.33. The number of benzene rings is 1. The van der Waals surface area contributed by atoms with Crippen LogP contribution in [0, 0.1) is 0 Å². The van der Waals surface area contributed by atoms with Crippen LogP contribution in [0.4, 0.5) is 0 Å². The van der Waals surface area contributed by atoms with Crippen molar-refractivity contribution < 1.29 is 4.74 Å². The van der Waals surface area contributed by atoms with Gasteiger partial charge in [-0.1, -0.05) is 19.1 Å². The minimum absolute atomic E-state index is 0.273. The summed E-state index contributed by atoms with van der Waals surface area (Å²) in [4.78, 5) is 0. The molecule has 1 atom stereocenters. The molecule has 0 amide bonds. The molecule has 1 heterocycles. The van der Waals surface area contributed by atoms with Crippen LogP contribution >= 0.6 is 0 Å². The van der Waals surface area contributed by atoms with Gasteiger partial charge in [-0.15, -0.1) is 0 Å². The van der Waals surface area contributed by atoms with Gasteiger partial charge in [0.15, 0.2) is 0 Å².